The van der Waals surface area contributed by atoms with Gasteiger partial charge >= 0.3 is 0 Å². The van der Waals surface area contributed by atoms with Crippen molar-refractivity contribution in [3.05, 3.63) is 65.5 Å². The zero-order valence-electron chi connectivity index (χ0n) is 19.8. The molecule has 0 radical (unpaired) electrons. The van der Waals surface area contributed by atoms with Crippen LogP contribution in [0.15, 0.2) is 53.6 Å². The van der Waals surface area contributed by atoms with Crippen molar-refractivity contribution < 1.29 is 14.3 Å². The molecule has 4 rings (SSSR count). The van der Waals surface area contributed by atoms with Crippen LogP contribution in [0.3, 0.4) is 0 Å². The van der Waals surface area contributed by atoms with Crippen molar-refractivity contribution in [3.63, 3.8) is 0 Å². The summed E-state index contributed by atoms with van der Waals surface area (Å²) in [5, 5.41) is 5.01. The zero-order valence-corrected chi connectivity index (χ0v) is 24.6. The van der Waals surface area contributed by atoms with Crippen LogP contribution in [-0.4, -0.2) is 59.6 Å². The van der Waals surface area contributed by atoms with E-state index in [-0.39, 0.29) is 24.0 Å². The summed E-state index contributed by atoms with van der Waals surface area (Å²) in [6.07, 6.45) is 2.42. The number of benzene rings is 2. The van der Waals surface area contributed by atoms with Crippen LogP contribution in [0.4, 0.5) is 0 Å². The Kier molecular flexibility index (Phi) is 8.97. The van der Waals surface area contributed by atoms with Crippen LogP contribution in [0, 0.1) is 0 Å². The minimum Gasteiger partial charge on any atom is -0.481 e. The number of nitrogens with zero attached hydrogens (tertiary/aromatic N) is 4. The lowest BCUT2D eigenvalue weighted by Crippen LogP contribution is -2.43. The van der Waals surface area contributed by atoms with Gasteiger partial charge in [-0.1, -0.05) is 29.8 Å². The number of hydrogen-bond donors (Lipinski definition) is 0. The minimum absolute atomic E-state index is 0.0427. The predicted octanol–water partition coefficient (Wildman–Crippen LogP) is 5.32. The first-order chi connectivity index (χ1) is 17.3. The highest BCUT2D eigenvalue weighted by molar-refractivity contribution is 9.11. The number of carbonyl (C=O) groups is 1. The van der Waals surface area contributed by atoms with Gasteiger partial charge in [0.25, 0.3) is 11.5 Å². The summed E-state index contributed by atoms with van der Waals surface area (Å²) < 4.78 is 14.6. The summed E-state index contributed by atoms with van der Waals surface area (Å²) >= 11 is 10.5. The van der Waals surface area contributed by atoms with Crippen molar-refractivity contribution >= 4 is 70.8 Å². The lowest BCUT2D eigenvalue weighted by atomic mass is 10.1. The first kappa shape index (κ1) is 27.0. The number of hydrogen-bond acceptors (Lipinski definition) is 6. The highest BCUT2D eigenvalue weighted by Crippen LogP contribution is 2.34. The molecule has 1 amide bonds. The van der Waals surface area contributed by atoms with Gasteiger partial charge < -0.3 is 14.4 Å². The maximum absolute atomic E-state index is 13.3. The summed E-state index contributed by atoms with van der Waals surface area (Å²) in [6.45, 7) is 6.22. The average Bonchev–Trinajstić information content (AvgIpc) is 2.87. The molecule has 2 heterocycles. The van der Waals surface area contributed by atoms with Crippen LogP contribution >= 0.6 is 47.8 Å². The fraction of sp³-hybridized carbons (Fsp3) is 0.360. The predicted molar refractivity (Wildman–Crippen MR) is 150 cm³/mol. The minimum atomic E-state index is -0.229. The number of morpholine rings is 1. The molecule has 190 valence electrons. The Bertz CT molecular complexity index is 1350. The standard InChI is InChI=1S/C25H25Br3N4O4/c1-3-15(2)24-30-21-5-4-17(26)12-18(21)25(34)32(24)29-13-16-10-19(27)23(20(28)11-16)36-14-22(33)31-6-8-35-9-7-31/h4-5,10-13,15H,3,6-9,14H2,1-2H3/t15-/m1/s1. The molecule has 0 N–H and O–H groups in total. The molecule has 1 aromatic heterocycles. The molecule has 1 aliphatic heterocycles. The lowest BCUT2D eigenvalue weighted by molar-refractivity contribution is -0.137. The van der Waals surface area contributed by atoms with E-state index < -0.39 is 0 Å². The third-order valence-electron chi connectivity index (χ3n) is 5.93. The smallest absolute Gasteiger partial charge is 0.282 e. The van der Waals surface area contributed by atoms with E-state index >= 15 is 0 Å². The second kappa shape index (κ2) is 12.0. The number of rotatable bonds is 7. The molecule has 1 aliphatic rings. The summed E-state index contributed by atoms with van der Waals surface area (Å²) in [5.41, 5.74) is 1.15. The Morgan fingerprint density at radius 3 is 2.56 bits per heavy atom. The molecular formula is C25H25Br3N4O4. The van der Waals surface area contributed by atoms with E-state index in [0.717, 1.165) is 16.5 Å². The second-order valence-corrected chi connectivity index (χ2v) is 11.0. The van der Waals surface area contributed by atoms with Crippen molar-refractivity contribution in [1.29, 1.82) is 0 Å². The topological polar surface area (TPSA) is 86.0 Å². The highest BCUT2D eigenvalue weighted by Gasteiger charge is 2.19. The van der Waals surface area contributed by atoms with Crippen LogP contribution in [0.25, 0.3) is 10.9 Å². The van der Waals surface area contributed by atoms with Gasteiger partial charge in [-0.25, -0.2) is 4.98 Å². The number of carbonyl (C=O) groups excluding carboxylic acids is 1. The van der Waals surface area contributed by atoms with E-state index in [0.29, 0.717) is 57.7 Å². The van der Waals surface area contributed by atoms with Gasteiger partial charge in [-0.15, -0.1) is 0 Å². The van der Waals surface area contributed by atoms with Gasteiger partial charge in [-0.3, -0.25) is 9.59 Å². The van der Waals surface area contributed by atoms with Gasteiger partial charge in [0.2, 0.25) is 0 Å². The Labute approximate surface area is 234 Å². The molecule has 11 heteroatoms. The zero-order chi connectivity index (χ0) is 25.8. The third kappa shape index (κ3) is 6.07. The maximum Gasteiger partial charge on any atom is 0.282 e. The molecule has 2 aromatic carbocycles. The van der Waals surface area contributed by atoms with Crippen LogP contribution in [0.1, 0.15) is 37.6 Å². The van der Waals surface area contributed by atoms with Gasteiger partial charge in [0.1, 0.15) is 11.6 Å². The van der Waals surface area contributed by atoms with E-state index in [1.165, 1.54) is 4.68 Å². The molecule has 0 spiro atoms. The Morgan fingerprint density at radius 1 is 1.19 bits per heavy atom. The van der Waals surface area contributed by atoms with Crippen LogP contribution in [0.2, 0.25) is 0 Å². The van der Waals surface area contributed by atoms with Crippen molar-refractivity contribution in [3.8, 4) is 5.75 Å². The Hall–Kier alpha value is -2.08. The van der Waals surface area contributed by atoms with Gasteiger partial charge in [0.05, 0.1) is 39.3 Å². The number of aromatic nitrogens is 2. The fourth-order valence-electron chi connectivity index (χ4n) is 3.73. The van der Waals surface area contributed by atoms with Crippen molar-refractivity contribution in [1.82, 2.24) is 14.6 Å². The molecule has 0 bridgehead atoms. The van der Waals surface area contributed by atoms with Crippen molar-refractivity contribution in [2.45, 2.75) is 26.2 Å². The normalized spacial score (nSPS) is 15.0. The SMILES string of the molecule is CC[C@@H](C)c1nc2ccc(Br)cc2c(=O)n1N=Cc1cc(Br)c(OCC(=O)N2CCOCC2)c(Br)c1. The summed E-state index contributed by atoms with van der Waals surface area (Å²) in [7, 11) is 0. The van der Waals surface area contributed by atoms with E-state index in [9.17, 15) is 9.59 Å². The average molecular weight is 685 g/mol. The molecule has 0 unspecified atom stereocenters. The van der Waals surface area contributed by atoms with Crippen molar-refractivity contribution in [2.75, 3.05) is 32.9 Å². The Morgan fingerprint density at radius 2 is 1.89 bits per heavy atom. The second-order valence-electron chi connectivity index (χ2n) is 8.40. The van der Waals surface area contributed by atoms with Crippen LogP contribution < -0.4 is 10.3 Å². The monoisotopic (exact) mass is 682 g/mol. The molecule has 8 nitrogen and oxygen atoms in total. The van der Waals surface area contributed by atoms with E-state index in [1.54, 1.807) is 17.2 Å². The Balaban J connectivity index is 1.60. The van der Waals surface area contributed by atoms with Crippen LogP contribution in [0.5, 0.6) is 5.75 Å². The lowest BCUT2D eigenvalue weighted by Gasteiger charge is -2.26. The molecule has 3 aromatic rings. The molecule has 1 atom stereocenters. The maximum atomic E-state index is 13.3. The molecule has 0 aliphatic carbocycles. The van der Waals surface area contributed by atoms with Crippen molar-refractivity contribution in [2.24, 2.45) is 5.10 Å². The summed E-state index contributed by atoms with van der Waals surface area (Å²) in [5.74, 6) is 1.08. The fourth-order valence-corrected chi connectivity index (χ4v) is 5.55. The summed E-state index contributed by atoms with van der Waals surface area (Å²) in [4.78, 5) is 32.2. The molecule has 1 saturated heterocycles. The quantitative estimate of drug-likeness (QED) is 0.315. The molecule has 0 saturated carbocycles. The molecular weight excluding hydrogens is 660 g/mol. The molecule has 1 fully saturated rings. The van der Waals surface area contributed by atoms with E-state index in [2.05, 4.69) is 52.9 Å². The first-order valence-electron chi connectivity index (χ1n) is 11.5. The van der Waals surface area contributed by atoms with Gasteiger partial charge in [-0.05, 0) is 74.2 Å². The number of fused-ring (bicyclic) bond motifs is 1. The molecule has 36 heavy (non-hydrogen) atoms. The van der Waals surface area contributed by atoms with Crippen LogP contribution in [-0.2, 0) is 9.53 Å². The van der Waals surface area contributed by atoms with E-state index in [4.69, 9.17) is 14.5 Å². The van der Waals surface area contributed by atoms with Gasteiger partial charge in [0.15, 0.2) is 6.61 Å². The number of amides is 1. The van der Waals surface area contributed by atoms with Gasteiger partial charge in [-0.2, -0.15) is 9.78 Å². The number of ether oxygens (including phenoxy) is 2. The largest absolute Gasteiger partial charge is 0.481 e. The highest BCUT2D eigenvalue weighted by atomic mass is 79.9. The number of halogens is 3. The summed E-state index contributed by atoms with van der Waals surface area (Å²) in [6, 6.07) is 9.10. The first-order valence-corrected chi connectivity index (χ1v) is 13.9. The third-order valence-corrected chi connectivity index (χ3v) is 7.60. The van der Waals surface area contributed by atoms with Gasteiger partial charge in [0, 0.05) is 23.5 Å². The van der Waals surface area contributed by atoms with E-state index in [1.807, 2.05) is 38.1 Å².